The summed E-state index contributed by atoms with van der Waals surface area (Å²) in [6, 6.07) is 34.0. The molecular weight excluding hydrogens is 789 g/mol. The molecule has 0 heterocycles. The van der Waals surface area contributed by atoms with Crippen molar-refractivity contribution in [2.75, 3.05) is 0 Å². The number of hydrogen-bond acceptors (Lipinski definition) is 10. The molecule has 0 fully saturated rings. The second-order valence-electron chi connectivity index (χ2n) is 12.7. The molecule has 0 saturated heterocycles. The predicted molar refractivity (Wildman–Crippen MR) is 201 cm³/mol. The summed E-state index contributed by atoms with van der Waals surface area (Å²) in [4.78, 5) is -1.11. The van der Waals surface area contributed by atoms with Crippen LogP contribution in [0.2, 0.25) is 0 Å². The fraction of sp³-hybridized carbons (Fsp3) is 0.0769. The minimum Gasteiger partial charge on any atom is -0.456 e. The quantitative estimate of drug-likeness (QED) is 0.114. The monoisotopic (exact) mass is 820 g/mol. The van der Waals surface area contributed by atoms with Gasteiger partial charge in [0.15, 0.2) is 0 Å². The first kappa shape index (κ1) is 39.3. The number of benzene rings is 6. The second-order valence-corrected chi connectivity index (χ2v) is 19.4. The fourth-order valence-corrected chi connectivity index (χ4v) is 9.47. The van der Waals surface area contributed by atoms with Crippen molar-refractivity contribution in [3.63, 3.8) is 0 Å². The molecule has 0 unspecified atom stereocenters. The Balaban J connectivity index is 1.28. The van der Waals surface area contributed by atoms with Crippen LogP contribution < -0.4 is 9.47 Å². The van der Waals surface area contributed by atoms with E-state index >= 15 is 0 Å². The first-order valence-corrected chi connectivity index (χ1v) is 22.0. The SMILES string of the molecule is CC(C)(c1ccc(Oc2ccc(S(=O)(=O)c3ccccc3)cc2)c(S(=O)(=O)O)c1)c1ccc(Oc2ccc(S(=O)(=O)c3ccccc3)cc2)c(S(=O)(=O)O)c1. The summed E-state index contributed by atoms with van der Waals surface area (Å²) in [6.45, 7) is 3.30. The molecule has 6 rings (SSSR count). The van der Waals surface area contributed by atoms with Gasteiger partial charge in [0, 0.05) is 5.41 Å². The maximum absolute atomic E-state index is 13.0. The van der Waals surface area contributed by atoms with E-state index in [0.717, 1.165) is 12.1 Å². The van der Waals surface area contributed by atoms with Gasteiger partial charge in [-0.25, -0.2) is 16.8 Å². The Morgan fingerprint density at radius 2 is 0.727 bits per heavy atom. The van der Waals surface area contributed by atoms with E-state index in [9.17, 15) is 42.8 Å². The Kier molecular flexibility index (Phi) is 10.5. The van der Waals surface area contributed by atoms with E-state index in [1.165, 1.54) is 97.1 Å². The third kappa shape index (κ3) is 8.34. The summed E-state index contributed by atoms with van der Waals surface area (Å²) in [5, 5.41) is 0. The Labute approximate surface area is 319 Å². The van der Waals surface area contributed by atoms with Crippen molar-refractivity contribution >= 4 is 39.9 Å². The summed E-state index contributed by atoms with van der Waals surface area (Å²) < 4.78 is 134. The maximum Gasteiger partial charge on any atom is 0.298 e. The van der Waals surface area contributed by atoms with Crippen molar-refractivity contribution < 1.29 is 52.3 Å². The van der Waals surface area contributed by atoms with Gasteiger partial charge in [-0.15, -0.1) is 0 Å². The molecule has 12 nitrogen and oxygen atoms in total. The van der Waals surface area contributed by atoms with E-state index < -0.39 is 55.1 Å². The lowest BCUT2D eigenvalue weighted by Gasteiger charge is -2.28. The Bertz CT molecular complexity index is 2630. The maximum atomic E-state index is 13.0. The molecule has 0 amide bonds. The molecule has 0 aliphatic carbocycles. The van der Waals surface area contributed by atoms with E-state index in [1.54, 1.807) is 50.2 Å². The molecule has 6 aromatic carbocycles. The third-order valence-electron chi connectivity index (χ3n) is 8.72. The first-order chi connectivity index (χ1) is 25.8. The highest BCUT2D eigenvalue weighted by atomic mass is 32.2. The van der Waals surface area contributed by atoms with Crippen molar-refractivity contribution in [2.24, 2.45) is 0 Å². The zero-order chi connectivity index (χ0) is 39.8. The van der Waals surface area contributed by atoms with Gasteiger partial charge in [-0.2, -0.15) is 16.8 Å². The lowest BCUT2D eigenvalue weighted by Crippen LogP contribution is -2.20. The zero-order valence-corrected chi connectivity index (χ0v) is 32.2. The number of sulfone groups is 2. The molecule has 0 aromatic heterocycles. The minimum absolute atomic E-state index is 0.0222. The number of hydrogen-bond donors (Lipinski definition) is 2. The van der Waals surface area contributed by atoms with Gasteiger partial charge in [-0.3, -0.25) is 9.11 Å². The highest BCUT2D eigenvalue weighted by Crippen LogP contribution is 2.40. The molecule has 0 aliphatic rings. The molecule has 2 N–H and O–H groups in total. The largest absolute Gasteiger partial charge is 0.456 e. The van der Waals surface area contributed by atoms with Crippen LogP contribution >= 0.6 is 0 Å². The minimum atomic E-state index is -4.90. The topological polar surface area (TPSA) is 195 Å². The van der Waals surface area contributed by atoms with E-state index in [0.29, 0.717) is 11.1 Å². The van der Waals surface area contributed by atoms with Crippen molar-refractivity contribution in [2.45, 2.75) is 48.6 Å². The second kappa shape index (κ2) is 14.7. The Morgan fingerprint density at radius 3 is 1.04 bits per heavy atom. The van der Waals surface area contributed by atoms with Gasteiger partial charge < -0.3 is 9.47 Å². The Morgan fingerprint density at radius 1 is 0.418 bits per heavy atom. The van der Waals surface area contributed by atoms with E-state index in [2.05, 4.69) is 0 Å². The molecule has 0 radical (unpaired) electrons. The van der Waals surface area contributed by atoms with Crippen LogP contribution in [-0.2, 0) is 45.3 Å². The summed E-state index contributed by atoms with van der Waals surface area (Å²) >= 11 is 0. The molecule has 0 saturated carbocycles. The molecule has 284 valence electrons. The van der Waals surface area contributed by atoms with Crippen LogP contribution in [0.4, 0.5) is 0 Å². The predicted octanol–water partition coefficient (Wildman–Crippen LogP) is 7.76. The molecule has 55 heavy (non-hydrogen) atoms. The average molecular weight is 821 g/mol. The molecule has 0 bridgehead atoms. The van der Waals surface area contributed by atoms with Gasteiger partial charge in [0.2, 0.25) is 19.7 Å². The molecular formula is C39H32O12S4. The molecule has 0 atom stereocenters. The van der Waals surface area contributed by atoms with Gasteiger partial charge in [0.05, 0.1) is 19.6 Å². The summed E-state index contributed by atoms with van der Waals surface area (Å²) in [5.74, 6) is -0.397. The summed E-state index contributed by atoms with van der Waals surface area (Å²) in [7, 11) is -17.5. The standard InChI is InChI=1S/C39H32O12S4/c1-39(2,27-13-23-35(37(25-27)54(44,45)46)50-29-15-19-33(20-16-29)52(40,41)31-9-5-3-6-10-31)28-14-24-36(38(26-28)55(47,48)49)51-30-17-21-34(22-18-30)53(42,43)32-11-7-4-8-12-32/h3-26H,1-2H3,(H,44,45,46)(H,47,48,49). The lowest BCUT2D eigenvalue weighted by molar-refractivity contribution is 0.448. The van der Waals surface area contributed by atoms with E-state index in [4.69, 9.17) is 9.47 Å². The van der Waals surface area contributed by atoms with Crippen LogP contribution in [0.1, 0.15) is 25.0 Å². The van der Waals surface area contributed by atoms with Crippen LogP contribution in [-0.4, -0.2) is 42.8 Å². The molecule has 6 aromatic rings. The molecule has 0 aliphatic heterocycles. The van der Waals surface area contributed by atoms with Crippen LogP contribution in [0.25, 0.3) is 0 Å². The van der Waals surface area contributed by atoms with Crippen molar-refractivity contribution in [1.29, 1.82) is 0 Å². The smallest absolute Gasteiger partial charge is 0.298 e. The zero-order valence-electron chi connectivity index (χ0n) is 29.0. The van der Waals surface area contributed by atoms with Crippen LogP contribution in [0.15, 0.2) is 175 Å². The van der Waals surface area contributed by atoms with E-state index in [1.807, 2.05) is 0 Å². The number of ether oxygens (including phenoxy) is 2. The van der Waals surface area contributed by atoms with Gasteiger partial charge >= 0.3 is 0 Å². The Hall–Kier alpha value is -5.36. The van der Waals surface area contributed by atoms with Crippen molar-refractivity contribution in [3.8, 4) is 23.0 Å². The van der Waals surface area contributed by atoms with Crippen LogP contribution in [0.3, 0.4) is 0 Å². The highest BCUT2D eigenvalue weighted by molar-refractivity contribution is 7.91. The van der Waals surface area contributed by atoms with Gasteiger partial charge in [-0.05, 0) is 108 Å². The van der Waals surface area contributed by atoms with Gasteiger partial charge in [-0.1, -0.05) is 62.4 Å². The fourth-order valence-electron chi connectivity index (χ4n) is 5.63. The normalized spacial score (nSPS) is 12.6. The van der Waals surface area contributed by atoms with E-state index in [-0.39, 0.29) is 42.6 Å². The van der Waals surface area contributed by atoms with Gasteiger partial charge in [0.25, 0.3) is 20.2 Å². The molecule has 16 heteroatoms. The first-order valence-electron chi connectivity index (χ1n) is 16.2. The average Bonchev–Trinajstić information content (AvgIpc) is 3.15. The summed E-state index contributed by atoms with van der Waals surface area (Å²) in [6.07, 6.45) is 0. The number of rotatable bonds is 12. The summed E-state index contributed by atoms with van der Waals surface area (Å²) in [5.41, 5.74) is -0.569. The molecule has 0 spiro atoms. The van der Waals surface area contributed by atoms with Crippen LogP contribution in [0.5, 0.6) is 23.0 Å². The van der Waals surface area contributed by atoms with Gasteiger partial charge in [0.1, 0.15) is 32.8 Å². The van der Waals surface area contributed by atoms with Crippen LogP contribution in [0, 0.1) is 0 Å². The third-order valence-corrected chi connectivity index (χ3v) is 14.0. The van der Waals surface area contributed by atoms with Crippen molar-refractivity contribution in [1.82, 2.24) is 0 Å². The lowest BCUT2D eigenvalue weighted by atomic mass is 9.78. The highest BCUT2D eigenvalue weighted by Gasteiger charge is 2.30. The van der Waals surface area contributed by atoms with Crippen molar-refractivity contribution in [3.05, 3.63) is 157 Å².